The number of aliphatic carboxylic acids is 1. The molecular weight excluding hydrogens is 326 g/mol. The summed E-state index contributed by atoms with van der Waals surface area (Å²) < 4.78 is 12.3. The lowest BCUT2D eigenvalue weighted by Crippen LogP contribution is -2.52. The lowest BCUT2D eigenvalue weighted by atomic mass is 10.2. The van der Waals surface area contributed by atoms with Gasteiger partial charge in [0.05, 0.1) is 31.7 Å². The summed E-state index contributed by atoms with van der Waals surface area (Å²) in [5, 5.41) is 13.7. The summed E-state index contributed by atoms with van der Waals surface area (Å²) >= 11 is 0. The van der Waals surface area contributed by atoms with Crippen LogP contribution in [0.25, 0.3) is 5.69 Å². The Bertz CT molecular complexity index is 759. The largest absolute Gasteiger partial charge is 0.490 e. The molecule has 1 aromatic carbocycles. The maximum atomic E-state index is 12.9. The Morgan fingerprint density at radius 1 is 1.36 bits per heavy atom. The maximum Gasteiger partial charge on any atom is 0.328 e. The van der Waals surface area contributed by atoms with Crippen molar-refractivity contribution in [3.63, 3.8) is 0 Å². The first-order valence-corrected chi connectivity index (χ1v) is 8.01. The van der Waals surface area contributed by atoms with E-state index in [1.165, 1.54) is 4.90 Å². The molecule has 1 amide bonds. The molecule has 8 heteroatoms. The van der Waals surface area contributed by atoms with E-state index in [1.54, 1.807) is 10.9 Å². The van der Waals surface area contributed by atoms with Gasteiger partial charge >= 0.3 is 5.97 Å². The van der Waals surface area contributed by atoms with Crippen molar-refractivity contribution in [2.24, 2.45) is 0 Å². The van der Waals surface area contributed by atoms with Crippen LogP contribution in [0.5, 0.6) is 5.75 Å². The molecule has 2 aromatic rings. The molecule has 1 N–H and O–H groups in total. The van der Waals surface area contributed by atoms with E-state index < -0.39 is 17.9 Å². The van der Waals surface area contributed by atoms with E-state index >= 15 is 0 Å². The Labute approximate surface area is 144 Å². The molecule has 0 unspecified atom stereocenters. The first-order chi connectivity index (χ1) is 12.1. The molecule has 8 nitrogen and oxygen atoms in total. The first kappa shape index (κ1) is 17.0. The molecular formula is C17H19N3O5. The van der Waals surface area contributed by atoms with Gasteiger partial charge in [-0.15, -0.1) is 0 Å². The molecule has 0 bridgehead atoms. The fourth-order valence-corrected chi connectivity index (χ4v) is 2.67. The summed E-state index contributed by atoms with van der Waals surface area (Å²) in [5.41, 5.74) is 0.873. The second-order valence-corrected chi connectivity index (χ2v) is 5.48. The molecule has 2 heterocycles. The summed E-state index contributed by atoms with van der Waals surface area (Å²) in [6, 6.07) is 8.28. The lowest BCUT2D eigenvalue weighted by molar-refractivity contribution is -0.147. The highest BCUT2D eigenvalue weighted by Crippen LogP contribution is 2.23. The number of ether oxygens (including phenoxy) is 2. The minimum atomic E-state index is -1.10. The predicted octanol–water partition coefficient (Wildman–Crippen LogP) is 1.20. The lowest BCUT2D eigenvalue weighted by Gasteiger charge is -2.32. The zero-order valence-electron chi connectivity index (χ0n) is 13.8. The number of rotatable bonds is 5. The molecule has 0 aliphatic carbocycles. The van der Waals surface area contributed by atoms with Crippen LogP contribution < -0.4 is 4.74 Å². The molecule has 132 valence electrons. The summed E-state index contributed by atoms with van der Waals surface area (Å²) in [6.45, 7) is 2.62. The number of nitrogens with zero attached hydrogens (tertiary/aromatic N) is 3. The second-order valence-electron chi connectivity index (χ2n) is 5.48. The smallest absolute Gasteiger partial charge is 0.328 e. The van der Waals surface area contributed by atoms with Crippen molar-refractivity contribution in [3.05, 3.63) is 42.2 Å². The van der Waals surface area contributed by atoms with Gasteiger partial charge in [0.2, 0.25) is 0 Å². The van der Waals surface area contributed by atoms with Crippen LogP contribution in [-0.2, 0) is 9.53 Å². The number of aromatic nitrogens is 2. The molecule has 0 radical (unpaired) electrons. The van der Waals surface area contributed by atoms with Gasteiger partial charge in [-0.1, -0.05) is 18.2 Å². The zero-order valence-corrected chi connectivity index (χ0v) is 13.8. The number of carboxylic acid groups (broad SMARTS) is 1. The van der Waals surface area contributed by atoms with Crippen LogP contribution in [-0.4, -0.2) is 64.1 Å². The first-order valence-electron chi connectivity index (χ1n) is 8.01. The van der Waals surface area contributed by atoms with Crippen LogP contribution in [0.2, 0.25) is 0 Å². The molecule has 0 spiro atoms. The average Bonchev–Trinajstić information content (AvgIpc) is 3.06. The molecule has 1 atom stereocenters. The fourth-order valence-electron chi connectivity index (χ4n) is 2.67. The monoisotopic (exact) mass is 345 g/mol. The predicted molar refractivity (Wildman–Crippen MR) is 88.0 cm³/mol. The van der Waals surface area contributed by atoms with E-state index in [1.807, 2.05) is 37.3 Å². The van der Waals surface area contributed by atoms with Crippen molar-refractivity contribution < 1.29 is 24.2 Å². The van der Waals surface area contributed by atoms with Crippen molar-refractivity contribution >= 4 is 11.9 Å². The van der Waals surface area contributed by atoms with Crippen molar-refractivity contribution in [1.29, 1.82) is 0 Å². The standard InChI is InChI=1S/C17H19N3O5/c1-2-25-14-10-20(12-6-4-3-5-7-12)18-15(14)16(21)19-8-9-24-11-13(19)17(22)23/h3-7,10,13H,2,8-9,11H2,1H3,(H,22,23)/t13-/m0/s1. The third-order valence-electron chi connectivity index (χ3n) is 3.88. The molecule has 1 aliphatic heterocycles. The summed E-state index contributed by atoms with van der Waals surface area (Å²) in [7, 11) is 0. The number of morpholine rings is 1. The van der Waals surface area contributed by atoms with E-state index in [9.17, 15) is 14.7 Å². The van der Waals surface area contributed by atoms with Crippen LogP contribution in [0.1, 0.15) is 17.4 Å². The highest BCUT2D eigenvalue weighted by molar-refractivity contribution is 5.97. The number of carbonyl (C=O) groups is 2. The van der Waals surface area contributed by atoms with Gasteiger partial charge in [-0.05, 0) is 19.1 Å². The Kier molecular flexibility index (Phi) is 4.99. The summed E-state index contributed by atoms with van der Waals surface area (Å²) in [6.07, 6.45) is 1.63. The topological polar surface area (TPSA) is 93.9 Å². The van der Waals surface area contributed by atoms with Crippen molar-refractivity contribution in [2.75, 3.05) is 26.4 Å². The van der Waals surface area contributed by atoms with Gasteiger partial charge in [0.25, 0.3) is 5.91 Å². The zero-order chi connectivity index (χ0) is 17.8. The quantitative estimate of drug-likeness (QED) is 0.875. The molecule has 1 saturated heterocycles. The Morgan fingerprint density at radius 2 is 2.12 bits per heavy atom. The Morgan fingerprint density at radius 3 is 2.80 bits per heavy atom. The van der Waals surface area contributed by atoms with E-state index in [4.69, 9.17) is 9.47 Å². The van der Waals surface area contributed by atoms with E-state index in [2.05, 4.69) is 5.10 Å². The third-order valence-corrected chi connectivity index (χ3v) is 3.88. The molecule has 1 aliphatic rings. The van der Waals surface area contributed by atoms with Crippen LogP contribution in [0.15, 0.2) is 36.5 Å². The van der Waals surface area contributed by atoms with Gasteiger partial charge in [-0.3, -0.25) is 4.79 Å². The fraction of sp³-hybridized carbons (Fsp3) is 0.353. The van der Waals surface area contributed by atoms with Crippen LogP contribution in [0.3, 0.4) is 0 Å². The SMILES string of the molecule is CCOc1cn(-c2ccccc2)nc1C(=O)N1CCOC[C@H]1C(=O)O. The van der Waals surface area contributed by atoms with E-state index in [0.717, 1.165) is 5.69 Å². The maximum absolute atomic E-state index is 12.9. The second kappa shape index (κ2) is 7.35. The third kappa shape index (κ3) is 3.48. The summed E-state index contributed by atoms with van der Waals surface area (Å²) in [4.78, 5) is 25.6. The number of amides is 1. The molecule has 25 heavy (non-hydrogen) atoms. The van der Waals surface area contributed by atoms with Crippen molar-refractivity contribution in [1.82, 2.24) is 14.7 Å². The van der Waals surface area contributed by atoms with Crippen molar-refractivity contribution in [3.8, 4) is 11.4 Å². The van der Waals surface area contributed by atoms with Gasteiger partial charge in [0.15, 0.2) is 17.5 Å². The van der Waals surface area contributed by atoms with E-state index in [-0.39, 0.29) is 18.8 Å². The normalized spacial score (nSPS) is 17.3. The highest BCUT2D eigenvalue weighted by Gasteiger charge is 2.35. The minimum Gasteiger partial charge on any atom is -0.490 e. The number of carbonyl (C=O) groups excluding carboxylic acids is 1. The van der Waals surface area contributed by atoms with Gasteiger partial charge < -0.3 is 19.5 Å². The highest BCUT2D eigenvalue weighted by atomic mass is 16.5. The Hall–Kier alpha value is -2.87. The van der Waals surface area contributed by atoms with Gasteiger partial charge in [-0.2, -0.15) is 5.10 Å². The molecule has 1 aromatic heterocycles. The number of hydrogen-bond acceptors (Lipinski definition) is 5. The average molecular weight is 345 g/mol. The molecule has 1 fully saturated rings. The number of benzene rings is 1. The number of para-hydroxylation sites is 1. The van der Waals surface area contributed by atoms with Gasteiger partial charge in [0.1, 0.15) is 0 Å². The number of hydrogen-bond donors (Lipinski definition) is 1. The van der Waals surface area contributed by atoms with E-state index in [0.29, 0.717) is 19.0 Å². The molecule has 3 rings (SSSR count). The minimum absolute atomic E-state index is 0.0373. The Balaban J connectivity index is 1.95. The van der Waals surface area contributed by atoms with Crippen LogP contribution >= 0.6 is 0 Å². The number of carboxylic acids is 1. The van der Waals surface area contributed by atoms with Crippen molar-refractivity contribution in [2.45, 2.75) is 13.0 Å². The summed E-state index contributed by atoms with van der Waals surface area (Å²) in [5.74, 6) is -1.26. The van der Waals surface area contributed by atoms with Crippen LogP contribution in [0.4, 0.5) is 0 Å². The van der Waals surface area contributed by atoms with Crippen LogP contribution in [0, 0.1) is 0 Å². The molecule has 0 saturated carbocycles. The van der Waals surface area contributed by atoms with Gasteiger partial charge in [-0.25, -0.2) is 9.48 Å². The van der Waals surface area contributed by atoms with Gasteiger partial charge in [0, 0.05) is 6.54 Å².